The molecule has 0 aromatic heterocycles. The van der Waals surface area contributed by atoms with Crippen LogP contribution >= 0.6 is 0 Å². The molecule has 0 radical (unpaired) electrons. The number of nitrogens with two attached hydrogens (primary N) is 1. The predicted octanol–water partition coefficient (Wildman–Crippen LogP) is 4.60. The van der Waals surface area contributed by atoms with Gasteiger partial charge in [0.25, 0.3) is 5.91 Å². The van der Waals surface area contributed by atoms with Crippen molar-refractivity contribution in [2.45, 2.75) is 83.7 Å². The Morgan fingerprint density at radius 1 is 1.04 bits per heavy atom. The van der Waals surface area contributed by atoms with Crippen LogP contribution in [0.4, 0.5) is 5.69 Å². The van der Waals surface area contributed by atoms with Crippen LogP contribution in [0.25, 0.3) is 0 Å². The number of unbranched alkanes of at least 4 members (excludes halogenated alkanes) is 9. The zero-order chi connectivity index (χ0) is 20.8. The molecule has 7 heteroatoms. The molecule has 0 bridgehead atoms. The van der Waals surface area contributed by atoms with Crippen molar-refractivity contribution in [3.05, 3.63) is 24.3 Å². The van der Waals surface area contributed by atoms with Gasteiger partial charge in [-0.25, -0.2) is 8.42 Å². The minimum atomic E-state index is -3.37. The molecule has 1 aromatic rings. The number of carbonyl (C=O) groups is 1. The Hall–Kier alpha value is -1.76. The van der Waals surface area contributed by atoms with Crippen molar-refractivity contribution in [2.75, 3.05) is 11.0 Å². The lowest BCUT2D eigenvalue weighted by Crippen LogP contribution is -2.33. The first-order valence-corrected chi connectivity index (χ1v) is 12.2. The van der Waals surface area contributed by atoms with Gasteiger partial charge in [-0.3, -0.25) is 9.52 Å². The Morgan fingerprint density at radius 2 is 1.61 bits per heavy atom. The van der Waals surface area contributed by atoms with Crippen molar-refractivity contribution in [3.63, 3.8) is 0 Å². The highest BCUT2D eigenvalue weighted by Crippen LogP contribution is 2.21. The number of amides is 1. The number of benzene rings is 1. The Balaban J connectivity index is 2.32. The van der Waals surface area contributed by atoms with Crippen LogP contribution < -0.4 is 15.2 Å². The summed E-state index contributed by atoms with van der Waals surface area (Å²) in [6.45, 7) is 2.23. The summed E-state index contributed by atoms with van der Waals surface area (Å²) in [7, 11) is -3.37. The van der Waals surface area contributed by atoms with Gasteiger partial charge in [0.1, 0.15) is 5.75 Å². The Labute approximate surface area is 170 Å². The van der Waals surface area contributed by atoms with Gasteiger partial charge in [0.05, 0.1) is 11.9 Å². The van der Waals surface area contributed by atoms with Gasteiger partial charge in [-0.1, -0.05) is 70.8 Å². The Morgan fingerprint density at radius 3 is 2.14 bits per heavy atom. The molecule has 0 fully saturated rings. The quantitative estimate of drug-likeness (QED) is 0.388. The molecule has 0 saturated heterocycles. The third-order valence-electron chi connectivity index (χ3n) is 4.55. The number of carbonyl (C=O) groups excluding carboxylic acids is 1. The highest BCUT2D eigenvalue weighted by Gasteiger charge is 2.17. The number of hydrogen-bond donors (Lipinski definition) is 2. The average Bonchev–Trinajstić information content (AvgIpc) is 2.61. The van der Waals surface area contributed by atoms with Gasteiger partial charge in [-0.15, -0.1) is 0 Å². The normalized spacial score (nSPS) is 12.5. The van der Waals surface area contributed by atoms with Crippen LogP contribution in [0.5, 0.6) is 5.75 Å². The summed E-state index contributed by atoms with van der Waals surface area (Å²) in [5.74, 6) is -0.0815. The lowest BCUT2D eigenvalue weighted by Gasteiger charge is -2.16. The molecule has 0 spiro atoms. The highest BCUT2D eigenvalue weighted by atomic mass is 32.2. The molecule has 1 amide bonds. The zero-order valence-corrected chi connectivity index (χ0v) is 18.1. The Bertz CT molecular complexity index is 677. The van der Waals surface area contributed by atoms with Crippen LogP contribution in [-0.2, 0) is 14.8 Å². The van der Waals surface area contributed by atoms with Gasteiger partial charge in [0.2, 0.25) is 10.0 Å². The van der Waals surface area contributed by atoms with Crippen LogP contribution in [0.2, 0.25) is 0 Å². The largest absolute Gasteiger partial charge is 0.481 e. The molecule has 1 aromatic carbocycles. The van der Waals surface area contributed by atoms with Gasteiger partial charge in [-0.05, 0) is 25.0 Å². The van der Waals surface area contributed by atoms with E-state index in [0.29, 0.717) is 17.9 Å². The summed E-state index contributed by atoms with van der Waals surface area (Å²) in [5.41, 5.74) is 5.86. The maximum absolute atomic E-state index is 11.7. The van der Waals surface area contributed by atoms with E-state index in [-0.39, 0.29) is 0 Å². The van der Waals surface area contributed by atoms with E-state index in [0.717, 1.165) is 25.5 Å². The van der Waals surface area contributed by atoms with E-state index >= 15 is 0 Å². The summed E-state index contributed by atoms with van der Waals surface area (Å²) in [5, 5.41) is 0. The van der Waals surface area contributed by atoms with Gasteiger partial charge in [0, 0.05) is 6.07 Å². The highest BCUT2D eigenvalue weighted by molar-refractivity contribution is 7.92. The number of primary amides is 1. The maximum atomic E-state index is 11.7. The van der Waals surface area contributed by atoms with Gasteiger partial charge in [-0.2, -0.15) is 0 Å². The fourth-order valence-electron chi connectivity index (χ4n) is 3.09. The molecule has 1 atom stereocenters. The molecule has 6 nitrogen and oxygen atoms in total. The molecule has 0 aliphatic carbocycles. The first-order chi connectivity index (χ1) is 13.3. The molecule has 0 heterocycles. The standard InChI is InChI=1S/C21H36N2O4S/c1-3-4-5-6-7-8-9-10-11-12-16-20(21(22)24)27-19-15-13-14-18(17-19)23-28(2,25)26/h13-15,17,20,23H,3-12,16H2,1-2H3,(H2,22,24). The van der Waals surface area contributed by atoms with Crippen molar-refractivity contribution < 1.29 is 17.9 Å². The summed E-state index contributed by atoms with van der Waals surface area (Å²) in [4.78, 5) is 11.7. The van der Waals surface area contributed by atoms with E-state index in [1.165, 1.54) is 44.9 Å². The summed E-state index contributed by atoms with van der Waals surface area (Å²) in [6.07, 6.45) is 13.1. The second-order valence-corrected chi connectivity index (χ2v) is 9.13. The lowest BCUT2D eigenvalue weighted by molar-refractivity contribution is -0.125. The smallest absolute Gasteiger partial charge is 0.258 e. The van der Waals surface area contributed by atoms with Crippen molar-refractivity contribution in [1.29, 1.82) is 0 Å². The van der Waals surface area contributed by atoms with Crippen LogP contribution in [-0.4, -0.2) is 26.7 Å². The fourth-order valence-corrected chi connectivity index (χ4v) is 3.64. The molecule has 0 aliphatic rings. The number of hydrogen-bond acceptors (Lipinski definition) is 4. The lowest BCUT2D eigenvalue weighted by atomic mass is 10.0. The minimum absolute atomic E-state index is 0.391. The molecular weight excluding hydrogens is 376 g/mol. The van der Waals surface area contributed by atoms with Crippen molar-refractivity contribution in [1.82, 2.24) is 0 Å². The van der Waals surface area contributed by atoms with E-state index in [9.17, 15) is 13.2 Å². The predicted molar refractivity (Wildman–Crippen MR) is 115 cm³/mol. The Kier molecular flexibility index (Phi) is 11.6. The summed E-state index contributed by atoms with van der Waals surface area (Å²) >= 11 is 0. The van der Waals surface area contributed by atoms with Crippen molar-refractivity contribution in [2.24, 2.45) is 5.73 Å². The summed E-state index contributed by atoms with van der Waals surface area (Å²) < 4.78 is 30.8. The second-order valence-electron chi connectivity index (χ2n) is 7.38. The van der Waals surface area contributed by atoms with E-state index < -0.39 is 22.0 Å². The van der Waals surface area contributed by atoms with E-state index in [4.69, 9.17) is 10.5 Å². The van der Waals surface area contributed by atoms with Gasteiger partial charge >= 0.3 is 0 Å². The van der Waals surface area contributed by atoms with Gasteiger partial charge in [0.15, 0.2) is 6.10 Å². The van der Waals surface area contributed by atoms with Crippen LogP contribution in [0.1, 0.15) is 77.6 Å². The number of anilines is 1. The number of rotatable bonds is 16. The topological polar surface area (TPSA) is 98.5 Å². The van der Waals surface area contributed by atoms with E-state index in [1.807, 2.05) is 0 Å². The third kappa shape index (κ3) is 11.8. The van der Waals surface area contributed by atoms with E-state index in [2.05, 4.69) is 11.6 Å². The first-order valence-electron chi connectivity index (χ1n) is 10.4. The molecule has 3 N–H and O–H groups in total. The molecule has 0 saturated carbocycles. The average molecular weight is 413 g/mol. The molecular formula is C21H36N2O4S. The SMILES string of the molecule is CCCCCCCCCCCCC(Oc1cccc(NS(C)(=O)=O)c1)C(N)=O. The number of ether oxygens (including phenoxy) is 1. The maximum Gasteiger partial charge on any atom is 0.258 e. The van der Waals surface area contributed by atoms with Crippen LogP contribution in [0.3, 0.4) is 0 Å². The number of sulfonamides is 1. The zero-order valence-electron chi connectivity index (χ0n) is 17.3. The molecule has 28 heavy (non-hydrogen) atoms. The minimum Gasteiger partial charge on any atom is -0.481 e. The molecule has 1 unspecified atom stereocenters. The van der Waals surface area contributed by atoms with Gasteiger partial charge < -0.3 is 10.5 Å². The third-order valence-corrected chi connectivity index (χ3v) is 5.16. The second kappa shape index (κ2) is 13.4. The molecule has 1 rings (SSSR count). The molecule has 0 aliphatic heterocycles. The monoisotopic (exact) mass is 412 g/mol. The van der Waals surface area contributed by atoms with Crippen molar-refractivity contribution in [3.8, 4) is 5.75 Å². The van der Waals surface area contributed by atoms with Crippen LogP contribution in [0.15, 0.2) is 24.3 Å². The van der Waals surface area contributed by atoms with E-state index in [1.54, 1.807) is 24.3 Å². The molecule has 160 valence electrons. The number of nitrogens with one attached hydrogen (secondary N) is 1. The van der Waals surface area contributed by atoms with Crippen LogP contribution in [0, 0.1) is 0 Å². The first kappa shape index (κ1) is 24.3. The van der Waals surface area contributed by atoms with Crippen molar-refractivity contribution >= 4 is 21.6 Å². The summed E-state index contributed by atoms with van der Waals surface area (Å²) in [6, 6.07) is 6.52. The fraction of sp³-hybridized carbons (Fsp3) is 0.667.